The topological polar surface area (TPSA) is 37.7 Å². The van der Waals surface area contributed by atoms with Crippen molar-refractivity contribution < 1.29 is 0 Å². The van der Waals surface area contributed by atoms with E-state index in [0.29, 0.717) is 0 Å². The molecule has 0 amide bonds. The number of rotatable bonds is 4. The van der Waals surface area contributed by atoms with Crippen LogP contribution in [0.15, 0.2) is 82.8 Å². The summed E-state index contributed by atoms with van der Waals surface area (Å²) in [5, 5.41) is 0. The molecule has 1 spiro atoms. The van der Waals surface area contributed by atoms with Gasteiger partial charge in [0.25, 0.3) is 0 Å². The summed E-state index contributed by atoms with van der Waals surface area (Å²) in [6.45, 7) is 12.9. The third-order valence-corrected chi connectivity index (χ3v) is 12.2. The van der Waals surface area contributed by atoms with E-state index in [1.165, 1.54) is 78.9 Å². The van der Waals surface area contributed by atoms with Crippen LogP contribution in [0.2, 0.25) is 0 Å². The number of nitrogens with zero attached hydrogens (tertiary/aromatic N) is 6. The predicted molar refractivity (Wildman–Crippen MR) is 202 cm³/mol. The second-order valence-electron chi connectivity index (χ2n) is 14.7. The molecular formula is C43H46N6. The maximum atomic E-state index is 5.09. The van der Waals surface area contributed by atoms with Crippen molar-refractivity contribution in [2.75, 3.05) is 62.2 Å². The first-order chi connectivity index (χ1) is 24.2. The van der Waals surface area contributed by atoms with Crippen LogP contribution in [0.5, 0.6) is 0 Å². The zero-order valence-corrected chi connectivity index (χ0v) is 29.0. The summed E-state index contributed by atoms with van der Waals surface area (Å²) < 4.78 is 0. The van der Waals surface area contributed by atoms with E-state index in [1.807, 2.05) is 0 Å². The highest BCUT2D eigenvalue weighted by Crippen LogP contribution is 2.64. The number of aliphatic imine (C=N–C) groups is 2. The van der Waals surface area contributed by atoms with Crippen molar-refractivity contribution in [2.45, 2.75) is 57.8 Å². The van der Waals surface area contributed by atoms with Gasteiger partial charge >= 0.3 is 0 Å². The van der Waals surface area contributed by atoms with Gasteiger partial charge in [0.15, 0.2) is 0 Å². The molecule has 6 aliphatic rings. The summed E-state index contributed by atoms with van der Waals surface area (Å²) in [5.74, 6) is 2.34. The molecule has 4 aromatic carbocycles. The number of hydrogen-bond donors (Lipinski definition) is 0. The van der Waals surface area contributed by atoms with Crippen LogP contribution in [0, 0.1) is 0 Å². The number of hydrogen-bond acceptors (Lipinski definition) is 6. The third-order valence-electron chi connectivity index (χ3n) is 12.2. The van der Waals surface area contributed by atoms with Gasteiger partial charge in [-0.1, -0.05) is 62.4 Å². The number of aryl methyl sites for hydroxylation is 2. The van der Waals surface area contributed by atoms with Gasteiger partial charge in [-0.05, 0) is 118 Å². The molecule has 2 fully saturated rings. The lowest BCUT2D eigenvalue weighted by molar-refractivity contribution is 0.360. The largest absolute Gasteiger partial charge is 0.342 e. The molecule has 0 bridgehead atoms. The summed E-state index contributed by atoms with van der Waals surface area (Å²) >= 11 is 0. The van der Waals surface area contributed by atoms with E-state index in [9.17, 15) is 0 Å². The van der Waals surface area contributed by atoms with Crippen LogP contribution < -0.4 is 9.80 Å². The number of anilines is 2. The van der Waals surface area contributed by atoms with E-state index in [2.05, 4.69) is 106 Å². The van der Waals surface area contributed by atoms with Crippen LogP contribution in [0.3, 0.4) is 0 Å². The van der Waals surface area contributed by atoms with Crippen LogP contribution in [-0.2, 0) is 18.3 Å². The molecule has 6 heteroatoms. The Morgan fingerprint density at radius 3 is 1.35 bits per heavy atom. The fourth-order valence-corrected chi connectivity index (χ4v) is 9.82. The Bertz CT molecular complexity index is 1910. The average Bonchev–Trinajstić information content (AvgIpc) is 3.62. The van der Waals surface area contributed by atoms with Crippen molar-refractivity contribution in [1.82, 2.24) is 9.80 Å². The molecule has 6 nitrogen and oxygen atoms in total. The molecule has 2 aliphatic carbocycles. The second kappa shape index (κ2) is 11.2. The Morgan fingerprint density at radius 1 is 0.490 bits per heavy atom. The predicted octanol–water partition coefficient (Wildman–Crippen LogP) is 7.70. The summed E-state index contributed by atoms with van der Waals surface area (Å²) in [5.41, 5.74) is 16.1. The van der Waals surface area contributed by atoms with E-state index < -0.39 is 5.41 Å². The van der Waals surface area contributed by atoms with E-state index in [-0.39, 0.29) is 0 Å². The van der Waals surface area contributed by atoms with Crippen molar-refractivity contribution in [3.05, 3.63) is 106 Å². The van der Waals surface area contributed by atoms with Gasteiger partial charge < -0.3 is 19.6 Å². The summed E-state index contributed by atoms with van der Waals surface area (Å²) in [7, 11) is 0. The normalized spacial score (nSPS) is 19.9. The Kier molecular flexibility index (Phi) is 6.72. The minimum atomic E-state index is -0.397. The summed E-state index contributed by atoms with van der Waals surface area (Å²) in [4.78, 5) is 20.2. The quantitative estimate of drug-likeness (QED) is 0.197. The van der Waals surface area contributed by atoms with Gasteiger partial charge in [-0.2, -0.15) is 0 Å². The van der Waals surface area contributed by atoms with Crippen LogP contribution in [0.4, 0.5) is 11.4 Å². The number of guanidine groups is 2. The second-order valence-corrected chi connectivity index (χ2v) is 14.7. The highest BCUT2D eigenvalue weighted by Gasteiger charge is 2.52. The van der Waals surface area contributed by atoms with E-state index in [1.54, 1.807) is 0 Å². The van der Waals surface area contributed by atoms with E-state index >= 15 is 0 Å². The van der Waals surface area contributed by atoms with Crippen molar-refractivity contribution in [3.8, 4) is 22.3 Å². The molecule has 0 radical (unpaired) electrons. The summed E-state index contributed by atoms with van der Waals surface area (Å²) in [6.07, 6.45) is 6.66. The van der Waals surface area contributed by atoms with Crippen LogP contribution in [0.25, 0.3) is 22.3 Å². The Hall–Kier alpha value is -4.58. The monoisotopic (exact) mass is 646 g/mol. The molecule has 2 saturated heterocycles. The van der Waals surface area contributed by atoms with Crippen LogP contribution in [-0.4, -0.2) is 74.1 Å². The molecule has 0 saturated carbocycles. The maximum absolute atomic E-state index is 5.09. The molecule has 10 rings (SSSR count). The zero-order valence-electron chi connectivity index (χ0n) is 29.0. The summed E-state index contributed by atoms with van der Waals surface area (Å²) in [6, 6.07) is 29.3. The van der Waals surface area contributed by atoms with E-state index in [0.717, 1.165) is 90.9 Å². The van der Waals surface area contributed by atoms with Crippen molar-refractivity contribution in [3.63, 3.8) is 0 Å². The molecule has 248 valence electrons. The Morgan fingerprint density at radius 2 is 0.898 bits per heavy atom. The first-order valence-corrected chi connectivity index (χ1v) is 18.9. The SMILES string of the molecule is CCc1ccc2c(c1)C1(c3cc(CC)ccc3-c3ccc(N4CCCN5CCCN=C54)cc31)c1cc(N3CCCN4CCCN=C43)ccc1-2. The van der Waals surface area contributed by atoms with Gasteiger partial charge in [0.2, 0.25) is 11.9 Å². The van der Waals surface area contributed by atoms with Crippen molar-refractivity contribution in [1.29, 1.82) is 0 Å². The fourth-order valence-electron chi connectivity index (χ4n) is 9.82. The molecule has 0 N–H and O–H groups in total. The fraction of sp³-hybridized carbons (Fsp3) is 0.395. The minimum absolute atomic E-state index is 0.397. The highest BCUT2D eigenvalue weighted by atomic mass is 15.4. The standard InChI is InChI=1S/C43H46N6/c1-3-29-9-13-33-35-15-11-31(48-23-7-21-46-19-5-17-44-41(46)48)27-39(35)43(37(33)25-29)38-26-30(4-2)10-14-34(38)36-16-12-32(28-40(36)43)49-24-8-22-47-20-6-18-45-42(47)49/h9-16,25-28H,3-8,17-24H2,1-2H3. The molecule has 0 aromatic heterocycles. The van der Waals surface area contributed by atoms with Gasteiger partial charge in [-0.15, -0.1) is 0 Å². The van der Waals surface area contributed by atoms with Gasteiger partial charge in [-0.3, -0.25) is 9.98 Å². The third kappa shape index (κ3) is 4.18. The Balaban J connectivity index is 1.24. The van der Waals surface area contributed by atoms with Gasteiger partial charge in [0.05, 0.1) is 5.41 Å². The van der Waals surface area contributed by atoms with Gasteiger partial charge in [-0.25, -0.2) is 0 Å². The number of benzene rings is 4. The lowest BCUT2D eigenvalue weighted by Gasteiger charge is -2.42. The van der Waals surface area contributed by atoms with Crippen molar-refractivity contribution >= 4 is 23.3 Å². The lowest BCUT2D eigenvalue weighted by atomic mass is 9.70. The molecule has 4 aliphatic heterocycles. The van der Waals surface area contributed by atoms with E-state index in [4.69, 9.17) is 9.98 Å². The van der Waals surface area contributed by atoms with Crippen LogP contribution >= 0.6 is 0 Å². The smallest absolute Gasteiger partial charge is 0.201 e. The maximum Gasteiger partial charge on any atom is 0.201 e. The Labute approximate surface area is 290 Å². The zero-order chi connectivity index (χ0) is 32.7. The molecule has 4 heterocycles. The molecule has 0 atom stereocenters. The number of fused-ring (bicyclic) bond motifs is 12. The van der Waals surface area contributed by atoms with Gasteiger partial charge in [0, 0.05) is 63.7 Å². The van der Waals surface area contributed by atoms with Crippen molar-refractivity contribution in [2.24, 2.45) is 9.98 Å². The average molecular weight is 647 g/mol. The van der Waals surface area contributed by atoms with Crippen LogP contribution in [0.1, 0.15) is 72.9 Å². The molecular weight excluding hydrogens is 601 g/mol. The first-order valence-electron chi connectivity index (χ1n) is 18.9. The molecule has 49 heavy (non-hydrogen) atoms. The highest BCUT2D eigenvalue weighted by molar-refractivity contribution is 6.02. The van der Waals surface area contributed by atoms with Gasteiger partial charge in [0.1, 0.15) is 0 Å². The first kappa shape index (κ1) is 29.3. The molecule has 0 unspecified atom stereocenters. The molecule has 4 aromatic rings. The lowest BCUT2D eigenvalue weighted by Crippen LogP contribution is -2.52. The minimum Gasteiger partial charge on any atom is -0.342 e.